The molecule has 0 radical (unpaired) electrons. The van der Waals surface area contributed by atoms with E-state index in [0.717, 1.165) is 29.1 Å². The SMILES string of the molecule is CCC1CC12C(C)C2C(C)C. The molecule has 0 heteroatoms. The maximum atomic E-state index is 2.46. The van der Waals surface area contributed by atoms with Crippen LogP contribution >= 0.6 is 0 Å². The molecule has 2 saturated carbocycles. The summed E-state index contributed by atoms with van der Waals surface area (Å²) in [7, 11) is 0. The van der Waals surface area contributed by atoms with E-state index in [9.17, 15) is 0 Å². The summed E-state index contributed by atoms with van der Waals surface area (Å²) in [6.07, 6.45) is 2.97. The van der Waals surface area contributed by atoms with E-state index in [1.807, 2.05) is 0 Å². The molecule has 0 N–H and O–H groups in total. The first-order valence-corrected chi connectivity index (χ1v) is 5.14. The molecule has 0 saturated heterocycles. The molecular formula is C11H20. The molecule has 2 fully saturated rings. The van der Waals surface area contributed by atoms with Gasteiger partial charge >= 0.3 is 0 Å². The first kappa shape index (κ1) is 7.64. The van der Waals surface area contributed by atoms with Crippen molar-refractivity contribution in [1.29, 1.82) is 0 Å². The molecule has 4 atom stereocenters. The number of rotatable bonds is 2. The zero-order valence-corrected chi connectivity index (χ0v) is 8.22. The molecule has 64 valence electrons. The molecule has 0 aromatic heterocycles. The summed E-state index contributed by atoms with van der Waals surface area (Å²) in [5, 5.41) is 0. The highest BCUT2D eigenvalue weighted by molar-refractivity contribution is 5.22. The number of hydrogen-bond donors (Lipinski definition) is 0. The fourth-order valence-corrected chi connectivity index (χ4v) is 3.75. The Morgan fingerprint density at radius 1 is 1.45 bits per heavy atom. The molecule has 2 aliphatic rings. The zero-order valence-electron chi connectivity index (χ0n) is 8.22. The van der Waals surface area contributed by atoms with Crippen LogP contribution in [-0.2, 0) is 0 Å². The summed E-state index contributed by atoms with van der Waals surface area (Å²) in [6, 6.07) is 0. The fraction of sp³-hybridized carbons (Fsp3) is 1.00. The van der Waals surface area contributed by atoms with Crippen molar-refractivity contribution in [2.24, 2.45) is 29.1 Å². The van der Waals surface area contributed by atoms with Gasteiger partial charge in [0.2, 0.25) is 0 Å². The minimum absolute atomic E-state index is 0.864. The van der Waals surface area contributed by atoms with Crippen LogP contribution in [0.3, 0.4) is 0 Å². The standard InChI is InChI=1S/C11H20/c1-5-9-6-11(9)8(4)10(11)7(2)3/h7-10H,5-6H2,1-4H3. The third-order valence-electron chi connectivity index (χ3n) is 4.31. The molecule has 2 aliphatic carbocycles. The van der Waals surface area contributed by atoms with Crippen LogP contribution in [0.2, 0.25) is 0 Å². The van der Waals surface area contributed by atoms with Gasteiger partial charge in [0.05, 0.1) is 0 Å². The summed E-state index contributed by atoms with van der Waals surface area (Å²) in [5.41, 5.74) is 0.864. The van der Waals surface area contributed by atoms with Crippen LogP contribution in [0.15, 0.2) is 0 Å². The van der Waals surface area contributed by atoms with Crippen LogP contribution in [0.4, 0.5) is 0 Å². The van der Waals surface area contributed by atoms with Crippen molar-refractivity contribution < 1.29 is 0 Å². The summed E-state index contributed by atoms with van der Waals surface area (Å²) in [6.45, 7) is 9.59. The van der Waals surface area contributed by atoms with Gasteiger partial charge < -0.3 is 0 Å². The molecule has 0 aliphatic heterocycles. The maximum Gasteiger partial charge on any atom is -0.0204 e. The maximum absolute atomic E-state index is 2.46. The molecule has 0 bridgehead atoms. The lowest BCUT2D eigenvalue weighted by atomic mass is 10.0. The highest BCUT2D eigenvalue weighted by Gasteiger charge is 2.74. The highest BCUT2D eigenvalue weighted by atomic mass is 14.8. The average Bonchev–Trinajstić information content (AvgIpc) is 2.75. The molecule has 0 aromatic rings. The van der Waals surface area contributed by atoms with Crippen LogP contribution in [0, 0.1) is 29.1 Å². The van der Waals surface area contributed by atoms with Crippen molar-refractivity contribution in [3.8, 4) is 0 Å². The largest absolute Gasteiger partial charge is 0.0651 e. The second kappa shape index (κ2) is 2.02. The Labute approximate surface area is 70.4 Å². The van der Waals surface area contributed by atoms with Gasteiger partial charge in [0.15, 0.2) is 0 Å². The van der Waals surface area contributed by atoms with Crippen LogP contribution in [-0.4, -0.2) is 0 Å². The van der Waals surface area contributed by atoms with Crippen molar-refractivity contribution in [2.75, 3.05) is 0 Å². The van der Waals surface area contributed by atoms with Gasteiger partial charge in [0.25, 0.3) is 0 Å². The van der Waals surface area contributed by atoms with Crippen molar-refractivity contribution in [3.63, 3.8) is 0 Å². The van der Waals surface area contributed by atoms with Crippen molar-refractivity contribution in [1.82, 2.24) is 0 Å². The van der Waals surface area contributed by atoms with E-state index in [1.165, 1.54) is 6.42 Å². The second-order valence-electron chi connectivity index (χ2n) is 4.98. The predicted molar refractivity (Wildman–Crippen MR) is 48.3 cm³/mol. The van der Waals surface area contributed by atoms with Crippen molar-refractivity contribution >= 4 is 0 Å². The lowest BCUT2D eigenvalue weighted by Gasteiger charge is -2.00. The van der Waals surface area contributed by atoms with E-state index in [1.54, 1.807) is 6.42 Å². The van der Waals surface area contributed by atoms with Crippen molar-refractivity contribution in [2.45, 2.75) is 40.5 Å². The Bertz CT molecular complexity index is 171. The van der Waals surface area contributed by atoms with Gasteiger partial charge in [-0.05, 0) is 35.5 Å². The molecule has 0 aromatic carbocycles. The monoisotopic (exact) mass is 152 g/mol. The minimum atomic E-state index is 0.864. The van der Waals surface area contributed by atoms with Crippen molar-refractivity contribution in [3.05, 3.63) is 0 Å². The Morgan fingerprint density at radius 2 is 2.09 bits per heavy atom. The molecular weight excluding hydrogens is 132 g/mol. The Balaban J connectivity index is 2.01. The molecule has 0 nitrogen and oxygen atoms in total. The smallest absolute Gasteiger partial charge is 0.0204 e. The molecule has 2 rings (SSSR count). The lowest BCUT2D eigenvalue weighted by Crippen LogP contribution is -1.93. The number of hydrogen-bond acceptors (Lipinski definition) is 0. The average molecular weight is 152 g/mol. The molecule has 1 spiro atoms. The Hall–Kier alpha value is 0. The van der Waals surface area contributed by atoms with E-state index in [-0.39, 0.29) is 0 Å². The van der Waals surface area contributed by atoms with Gasteiger partial charge in [-0.15, -0.1) is 0 Å². The van der Waals surface area contributed by atoms with Crippen LogP contribution < -0.4 is 0 Å². The van der Waals surface area contributed by atoms with Crippen LogP contribution in [0.1, 0.15) is 40.5 Å². The van der Waals surface area contributed by atoms with E-state index in [0.29, 0.717) is 0 Å². The first-order valence-electron chi connectivity index (χ1n) is 5.14. The van der Waals surface area contributed by atoms with Gasteiger partial charge in [-0.3, -0.25) is 0 Å². The normalized spacial score (nSPS) is 53.7. The van der Waals surface area contributed by atoms with Gasteiger partial charge in [0.1, 0.15) is 0 Å². The van der Waals surface area contributed by atoms with Crippen LogP contribution in [0.5, 0.6) is 0 Å². The molecule has 11 heavy (non-hydrogen) atoms. The van der Waals surface area contributed by atoms with Gasteiger partial charge in [-0.2, -0.15) is 0 Å². The molecule has 0 heterocycles. The van der Waals surface area contributed by atoms with E-state index >= 15 is 0 Å². The van der Waals surface area contributed by atoms with E-state index < -0.39 is 0 Å². The third-order valence-corrected chi connectivity index (χ3v) is 4.31. The lowest BCUT2D eigenvalue weighted by molar-refractivity contribution is 0.485. The summed E-state index contributed by atoms with van der Waals surface area (Å²) < 4.78 is 0. The van der Waals surface area contributed by atoms with E-state index in [2.05, 4.69) is 27.7 Å². The van der Waals surface area contributed by atoms with Gasteiger partial charge in [0, 0.05) is 0 Å². The summed E-state index contributed by atoms with van der Waals surface area (Å²) >= 11 is 0. The highest BCUT2D eigenvalue weighted by Crippen LogP contribution is 2.80. The summed E-state index contributed by atoms with van der Waals surface area (Å²) in [5.74, 6) is 4.16. The third kappa shape index (κ3) is 0.761. The predicted octanol–water partition coefficient (Wildman–Crippen LogP) is 3.32. The van der Waals surface area contributed by atoms with Gasteiger partial charge in [-0.25, -0.2) is 0 Å². The van der Waals surface area contributed by atoms with Crippen LogP contribution in [0.25, 0.3) is 0 Å². The zero-order chi connectivity index (χ0) is 8.22. The Morgan fingerprint density at radius 3 is 2.36 bits per heavy atom. The first-order chi connectivity index (χ1) is 5.14. The Kier molecular flexibility index (Phi) is 1.41. The molecule has 4 unspecified atom stereocenters. The minimum Gasteiger partial charge on any atom is -0.0651 e. The topological polar surface area (TPSA) is 0 Å². The quantitative estimate of drug-likeness (QED) is 0.569. The molecule has 0 amide bonds. The fourth-order valence-electron chi connectivity index (χ4n) is 3.75. The van der Waals surface area contributed by atoms with Gasteiger partial charge in [-0.1, -0.05) is 34.1 Å². The second-order valence-corrected chi connectivity index (χ2v) is 4.98. The van der Waals surface area contributed by atoms with E-state index in [4.69, 9.17) is 0 Å². The summed E-state index contributed by atoms with van der Waals surface area (Å²) in [4.78, 5) is 0.